The Morgan fingerprint density at radius 3 is 2.50 bits per heavy atom. The summed E-state index contributed by atoms with van der Waals surface area (Å²) in [4.78, 5) is 9.74. The van der Waals surface area contributed by atoms with Crippen LogP contribution in [0.3, 0.4) is 0 Å². The molecule has 0 aliphatic carbocycles. The highest BCUT2D eigenvalue weighted by Gasteiger charge is 1.88. The lowest BCUT2D eigenvalue weighted by Crippen LogP contribution is -1.87. The normalized spacial score (nSPS) is 10.2. The third-order valence-electron chi connectivity index (χ3n) is 0.516. The van der Waals surface area contributed by atoms with Gasteiger partial charge < -0.3 is 5.11 Å². The van der Waals surface area contributed by atoms with Gasteiger partial charge in [-0.3, -0.25) is 0 Å². The van der Waals surface area contributed by atoms with Crippen LogP contribution in [0.25, 0.3) is 0 Å². The van der Waals surface area contributed by atoms with Crippen LogP contribution in [0, 0.1) is 11.3 Å². The Labute approximate surface area is 46.9 Å². The van der Waals surface area contributed by atoms with Crippen LogP contribution in [0.5, 0.6) is 0 Å². The number of rotatable bonds is 1. The number of carbonyl (C=O) groups is 1. The average molecular weight is 111 g/mol. The zero-order chi connectivity index (χ0) is 6.57. The fourth-order valence-electron chi connectivity index (χ4n) is 0.217. The van der Waals surface area contributed by atoms with Crippen LogP contribution in [-0.4, -0.2) is 11.1 Å². The zero-order valence-electron chi connectivity index (χ0n) is 4.38. The summed E-state index contributed by atoms with van der Waals surface area (Å²) in [5, 5.41) is 16.0. The molecule has 3 heteroatoms. The molecule has 0 saturated carbocycles. The molecule has 0 radical (unpaired) electrons. The summed E-state index contributed by atoms with van der Waals surface area (Å²) in [5.74, 6) is -1.08. The highest BCUT2D eigenvalue weighted by Crippen LogP contribution is 1.85. The van der Waals surface area contributed by atoms with Gasteiger partial charge in [0, 0.05) is 11.6 Å². The second kappa shape index (κ2) is 2.80. The van der Waals surface area contributed by atoms with Crippen molar-refractivity contribution in [1.29, 1.82) is 5.26 Å². The molecule has 8 heavy (non-hydrogen) atoms. The van der Waals surface area contributed by atoms with Gasteiger partial charge in [-0.1, -0.05) is 0 Å². The fraction of sp³-hybridized carbons (Fsp3) is 0.200. The summed E-state index contributed by atoms with van der Waals surface area (Å²) in [5.41, 5.74) is 0.206. The molecule has 0 aromatic carbocycles. The highest BCUT2D eigenvalue weighted by atomic mass is 16.4. The molecular formula is C5H5NO2. The lowest BCUT2D eigenvalue weighted by atomic mass is 10.3. The molecule has 0 heterocycles. The quantitative estimate of drug-likeness (QED) is 0.397. The summed E-state index contributed by atoms with van der Waals surface area (Å²) < 4.78 is 0. The Morgan fingerprint density at radius 2 is 2.38 bits per heavy atom. The number of nitrogens with zero attached hydrogens (tertiary/aromatic N) is 1. The van der Waals surface area contributed by atoms with E-state index in [1.807, 2.05) is 0 Å². The topological polar surface area (TPSA) is 61.1 Å². The first-order valence-corrected chi connectivity index (χ1v) is 1.98. The zero-order valence-corrected chi connectivity index (χ0v) is 4.38. The van der Waals surface area contributed by atoms with Gasteiger partial charge in [0.1, 0.15) is 0 Å². The second-order valence-electron chi connectivity index (χ2n) is 1.28. The van der Waals surface area contributed by atoms with Crippen molar-refractivity contribution in [2.45, 2.75) is 6.92 Å². The van der Waals surface area contributed by atoms with Crippen molar-refractivity contribution in [2.75, 3.05) is 0 Å². The van der Waals surface area contributed by atoms with Crippen molar-refractivity contribution in [3.63, 3.8) is 0 Å². The summed E-state index contributed by atoms with van der Waals surface area (Å²) >= 11 is 0. The maximum Gasteiger partial charge on any atom is 0.329 e. The van der Waals surface area contributed by atoms with E-state index in [-0.39, 0.29) is 5.57 Å². The highest BCUT2D eigenvalue weighted by molar-refractivity contribution is 5.81. The average Bonchev–Trinajstić information content (AvgIpc) is 1.65. The van der Waals surface area contributed by atoms with Gasteiger partial charge in [-0.25, -0.2) is 4.79 Å². The van der Waals surface area contributed by atoms with Crippen LogP contribution < -0.4 is 0 Å². The lowest BCUT2D eigenvalue weighted by Gasteiger charge is -1.77. The number of hydrogen-bond donors (Lipinski definition) is 1. The van der Waals surface area contributed by atoms with Gasteiger partial charge in [0.05, 0.1) is 6.07 Å². The van der Waals surface area contributed by atoms with Crippen molar-refractivity contribution in [3.05, 3.63) is 11.6 Å². The van der Waals surface area contributed by atoms with E-state index in [0.717, 1.165) is 6.08 Å². The van der Waals surface area contributed by atoms with Gasteiger partial charge in [-0.05, 0) is 6.92 Å². The van der Waals surface area contributed by atoms with Crippen LogP contribution in [0.2, 0.25) is 0 Å². The van der Waals surface area contributed by atoms with Crippen molar-refractivity contribution in [1.82, 2.24) is 0 Å². The van der Waals surface area contributed by atoms with Gasteiger partial charge in [0.25, 0.3) is 0 Å². The van der Waals surface area contributed by atoms with E-state index in [0.29, 0.717) is 0 Å². The number of hydrogen-bond acceptors (Lipinski definition) is 2. The van der Waals surface area contributed by atoms with E-state index >= 15 is 0 Å². The Morgan fingerprint density at radius 1 is 1.88 bits per heavy atom. The first-order chi connectivity index (χ1) is 3.66. The van der Waals surface area contributed by atoms with E-state index in [2.05, 4.69) is 0 Å². The fourth-order valence-corrected chi connectivity index (χ4v) is 0.217. The molecule has 0 bridgehead atoms. The van der Waals surface area contributed by atoms with E-state index < -0.39 is 5.97 Å². The van der Waals surface area contributed by atoms with Crippen molar-refractivity contribution in [2.24, 2.45) is 0 Å². The molecule has 0 rings (SSSR count). The Hall–Kier alpha value is -1.30. The summed E-state index contributed by atoms with van der Waals surface area (Å²) in [6.07, 6.45) is 0.861. The SMILES string of the molecule is CC(C#N)=CC(=O)O. The molecule has 1 N–H and O–H groups in total. The molecule has 0 aliphatic heterocycles. The second-order valence-corrected chi connectivity index (χ2v) is 1.28. The van der Waals surface area contributed by atoms with Gasteiger partial charge in [0.2, 0.25) is 0 Å². The molecule has 0 amide bonds. The number of carboxylic acids is 1. The van der Waals surface area contributed by atoms with E-state index in [9.17, 15) is 4.79 Å². The van der Waals surface area contributed by atoms with Crippen LogP contribution >= 0.6 is 0 Å². The molecule has 0 saturated heterocycles. The molecule has 42 valence electrons. The van der Waals surface area contributed by atoms with Crippen molar-refractivity contribution in [3.8, 4) is 6.07 Å². The molecule has 0 atom stereocenters. The van der Waals surface area contributed by atoms with Crippen molar-refractivity contribution >= 4 is 5.97 Å². The number of allylic oxidation sites excluding steroid dienone is 1. The van der Waals surface area contributed by atoms with Gasteiger partial charge >= 0.3 is 5.97 Å². The van der Waals surface area contributed by atoms with Crippen LogP contribution in [-0.2, 0) is 4.79 Å². The van der Waals surface area contributed by atoms with Gasteiger partial charge in [-0.2, -0.15) is 5.26 Å². The summed E-state index contributed by atoms with van der Waals surface area (Å²) in [6, 6.07) is 1.68. The predicted molar refractivity (Wildman–Crippen MR) is 27.0 cm³/mol. The molecule has 0 aromatic rings. The van der Waals surface area contributed by atoms with Crippen molar-refractivity contribution < 1.29 is 9.90 Å². The Bertz CT molecular complexity index is 164. The molecule has 0 aliphatic rings. The van der Waals surface area contributed by atoms with E-state index in [1.54, 1.807) is 6.07 Å². The number of nitriles is 1. The molecule has 0 spiro atoms. The number of carboxylic acid groups (broad SMARTS) is 1. The summed E-state index contributed by atoms with van der Waals surface area (Å²) in [6.45, 7) is 1.44. The van der Waals surface area contributed by atoms with E-state index in [1.165, 1.54) is 6.92 Å². The Kier molecular flexibility index (Phi) is 2.35. The van der Waals surface area contributed by atoms with Crippen LogP contribution in [0.1, 0.15) is 6.92 Å². The molecule has 0 fully saturated rings. The first-order valence-electron chi connectivity index (χ1n) is 1.98. The van der Waals surface area contributed by atoms with Gasteiger partial charge in [-0.15, -0.1) is 0 Å². The molecular weight excluding hydrogens is 106 g/mol. The lowest BCUT2D eigenvalue weighted by molar-refractivity contribution is -0.131. The smallest absolute Gasteiger partial charge is 0.329 e. The minimum Gasteiger partial charge on any atom is -0.478 e. The van der Waals surface area contributed by atoms with Crippen LogP contribution in [0.15, 0.2) is 11.6 Å². The maximum atomic E-state index is 9.74. The standard InChI is InChI=1S/C5H5NO2/c1-4(3-6)2-5(7)8/h2H,1H3,(H,7,8). The number of aliphatic carboxylic acids is 1. The Balaban J connectivity index is 4.01. The molecule has 0 aromatic heterocycles. The van der Waals surface area contributed by atoms with E-state index in [4.69, 9.17) is 10.4 Å². The van der Waals surface area contributed by atoms with Gasteiger partial charge in [0.15, 0.2) is 0 Å². The third-order valence-corrected chi connectivity index (χ3v) is 0.516. The monoisotopic (exact) mass is 111 g/mol. The minimum atomic E-state index is -1.08. The minimum absolute atomic E-state index is 0.206. The third kappa shape index (κ3) is 2.91. The predicted octanol–water partition coefficient (Wildman–Crippen LogP) is 0.541. The maximum absolute atomic E-state index is 9.74. The molecule has 0 unspecified atom stereocenters. The largest absolute Gasteiger partial charge is 0.478 e. The first kappa shape index (κ1) is 6.70. The summed E-state index contributed by atoms with van der Waals surface area (Å²) in [7, 11) is 0. The van der Waals surface area contributed by atoms with Crippen LogP contribution in [0.4, 0.5) is 0 Å². The molecule has 3 nitrogen and oxygen atoms in total.